The molecule has 0 rings (SSSR count). The summed E-state index contributed by atoms with van der Waals surface area (Å²) in [4.78, 5) is -0.812. The van der Waals surface area contributed by atoms with E-state index in [-0.39, 0.29) is 0 Å². The molecule has 3 heteroatoms. The smallest absolute Gasteiger partial charge is 0.106 e. The lowest BCUT2D eigenvalue weighted by Gasteiger charge is -2.31. The van der Waals surface area contributed by atoms with E-state index in [1.165, 1.54) is 0 Å². The summed E-state index contributed by atoms with van der Waals surface area (Å²) < 4.78 is 0. The molecule has 1 atom stereocenters. The van der Waals surface area contributed by atoms with E-state index in [2.05, 4.69) is 0 Å². The van der Waals surface area contributed by atoms with Crippen molar-refractivity contribution in [2.45, 2.75) is 31.3 Å². The maximum absolute atomic E-state index is 5.66. The van der Waals surface area contributed by atoms with E-state index in [0.29, 0.717) is 0 Å². The summed E-state index contributed by atoms with van der Waals surface area (Å²) in [6.45, 7) is 5.27. The maximum atomic E-state index is 5.66. The molecular formula is C5H13ClN2. The van der Waals surface area contributed by atoms with Gasteiger partial charge in [-0.2, -0.15) is 0 Å². The minimum absolute atomic E-state index is 0.519. The van der Waals surface area contributed by atoms with Crippen molar-refractivity contribution in [3.05, 3.63) is 0 Å². The van der Waals surface area contributed by atoms with Gasteiger partial charge in [0.1, 0.15) is 5.00 Å². The standard InChI is InChI=1S/C5H13ClN2/c1-4(2,7)5(3,6)8/h7-8H2,1-3H3. The Hall–Kier alpha value is 0.210. The van der Waals surface area contributed by atoms with Gasteiger partial charge in [-0.15, -0.1) is 11.6 Å². The highest BCUT2D eigenvalue weighted by atomic mass is 35.5. The average Bonchev–Trinajstić information content (AvgIpc) is 1.25. The third-order valence-electron chi connectivity index (χ3n) is 1.26. The zero-order valence-electron chi connectivity index (χ0n) is 5.53. The van der Waals surface area contributed by atoms with Crippen molar-refractivity contribution in [2.75, 3.05) is 0 Å². The van der Waals surface area contributed by atoms with Gasteiger partial charge >= 0.3 is 0 Å². The second kappa shape index (κ2) is 1.87. The molecule has 0 aromatic rings. The van der Waals surface area contributed by atoms with Crippen LogP contribution in [-0.4, -0.2) is 10.5 Å². The highest BCUT2D eigenvalue weighted by Gasteiger charge is 2.31. The second-order valence-corrected chi connectivity index (χ2v) is 3.58. The van der Waals surface area contributed by atoms with Gasteiger partial charge in [0.15, 0.2) is 0 Å². The van der Waals surface area contributed by atoms with E-state index in [0.717, 1.165) is 0 Å². The van der Waals surface area contributed by atoms with Gasteiger partial charge in [-0.25, -0.2) is 0 Å². The largest absolute Gasteiger partial charge is 0.323 e. The van der Waals surface area contributed by atoms with Crippen LogP contribution in [-0.2, 0) is 0 Å². The molecule has 0 aliphatic rings. The Bertz CT molecular complexity index is 65.4. The quantitative estimate of drug-likeness (QED) is 0.411. The van der Waals surface area contributed by atoms with Crippen molar-refractivity contribution in [3.8, 4) is 0 Å². The Morgan fingerprint density at radius 1 is 1.12 bits per heavy atom. The van der Waals surface area contributed by atoms with Crippen molar-refractivity contribution in [1.29, 1.82) is 0 Å². The van der Waals surface area contributed by atoms with Crippen LogP contribution < -0.4 is 11.5 Å². The van der Waals surface area contributed by atoms with E-state index in [9.17, 15) is 0 Å². The van der Waals surface area contributed by atoms with Crippen LogP contribution in [0.2, 0.25) is 0 Å². The SMILES string of the molecule is CC(C)(N)C(C)(N)Cl. The van der Waals surface area contributed by atoms with Gasteiger partial charge in [-0.3, -0.25) is 0 Å². The molecule has 0 saturated heterocycles. The first-order valence-corrected chi connectivity index (χ1v) is 2.89. The zero-order valence-corrected chi connectivity index (χ0v) is 6.29. The van der Waals surface area contributed by atoms with Crippen LogP contribution in [0.1, 0.15) is 20.8 Å². The van der Waals surface area contributed by atoms with Crippen LogP contribution in [0.15, 0.2) is 0 Å². The topological polar surface area (TPSA) is 52.0 Å². The van der Waals surface area contributed by atoms with Crippen LogP contribution >= 0.6 is 11.6 Å². The highest BCUT2D eigenvalue weighted by molar-refractivity contribution is 6.24. The van der Waals surface area contributed by atoms with E-state index in [4.69, 9.17) is 23.1 Å². The Kier molecular flexibility index (Phi) is 1.91. The first-order valence-electron chi connectivity index (χ1n) is 2.52. The Morgan fingerprint density at radius 3 is 1.25 bits per heavy atom. The van der Waals surface area contributed by atoms with E-state index >= 15 is 0 Å². The Balaban J connectivity index is 4.02. The van der Waals surface area contributed by atoms with Crippen LogP contribution in [0.5, 0.6) is 0 Å². The molecule has 0 aromatic heterocycles. The molecule has 8 heavy (non-hydrogen) atoms. The van der Waals surface area contributed by atoms with Gasteiger partial charge < -0.3 is 11.5 Å². The lowest BCUT2D eigenvalue weighted by Crippen LogP contribution is -2.56. The summed E-state index contributed by atoms with van der Waals surface area (Å²) in [6, 6.07) is 0. The minimum Gasteiger partial charge on any atom is -0.323 e. The van der Waals surface area contributed by atoms with Crippen LogP contribution in [0.4, 0.5) is 0 Å². The summed E-state index contributed by atoms with van der Waals surface area (Å²) >= 11 is 5.66. The molecule has 1 unspecified atom stereocenters. The van der Waals surface area contributed by atoms with Gasteiger partial charge in [0.2, 0.25) is 0 Å². The van der Waals surface area contributed by atoms with Crippen molar-refractivity contribution in [3.63, 3.8) is 0 Å². The number of halogens is 1. The summed E-state index contributed by atoms with van der Waals surface area (Å²) in [5.41, 5.74) is 10.5. The van der Waals surface area contributed by atoms with Gasteiger partial charge in [-0.05, 0) is 20.8 Å². The monoisotopic (exact) mass is 136 g/mol. The normalized spacial score (nSPS) is 20.2. The molecule has 2 nitrogen and oxygen atoms in total. The number of hydrogen-bond donors (Lipinski definition) is 2. The van der Waals surface area contributed by atoms with Crippen molar-refractivity contribution in [1.82, 2.24) is 0 Å². The molecule has 4 N–H and O–H groups in total. The molecule has 0 aromatic carbocycles. The summed E-state index contributed by atoms with van der Waals surface area (Å²) in [6.07, 6.45) is 0. The molecule has 0 radical (unpaired) electrons. The molecule has 0 spiro atoms. The molecular weight excluding hydrogens is 124 g/mol. The molecule has 0 aliphatic heterocycles. The summed E-state index contributed by atoms with van der Waals surface area (Å²) in [5, 5.41) is 0. The predicted octanol–water partition coefficient (Wildman–Crippen LogP) is 0.637. The van der Waals surface area contributed by atoms with Crippen LogP contribution in [0.25, 0.3) is 0 Å². The van der Waals surface area contributed by atoms with Gasteiger partial charge in [0.25, 0.3) is 0 Å². The summed E-state index contributed by atoms with van der Waals surface area (Å²) in [5.74, 6) is 0. The van der Waals surface area contributed by atoms with Crippen LogP contribution in [0.3, 0.4) is 0 Å². The summed E-state index contributed by atoms with van der Waals surface area (Å²) in [7, 11) is 0. The molecule has 0 amide bonds. The number of rotatable bonds is 1. The van der Waals surface area contributed by atoms with Crippen molar-refractivity contribution in [2.24, 2.45) is 11.5 Å². The lowest BCUT2D eigenvalue weighted by atomic mass is 9.98. The minimum atomic E-state index is -0.812. The number of alkyl halides is 1. The van der Waals surface area contributed by atoms with Gasteiger partial charge in [0.05, 0.1) is 0 Å². The molecule has 0 saturated carbocycles. The second-order valence-electron chi connectivity index (χ2n) is 2.80. The lowest BCUT2D eigenvalue weighted by molar-refractivity contribution is 0.388. The molecule has 0 bridgehead atoms. The third kappa shape index (κ3) is 1.99. The average molecular weight is 137 g/mol. The van der Waals surface area contributed by atoms with Crippen LogP contribution in [0, 0.1) is 0 Å². The van der Waals surface area contributed by atoms with Gasteiger partial charge in [-0.1, -0.05) is 0 Å². The highest BCUT2D eigenvalue weighted by Crippen LogP contribution is 2.19. The van der Waals surface area contributed by atoms with E-state index in [1.807, 2.05) is 0 Å². The van der Waals surface area contributed by atoms with Crippen molar-refractivity contribution < 1.29 is 0 Å². The first kappa shape index (κ1) is 8.21. The Labute approximate surface area is 55.2 Å². The van der Waals surface area contributed by atoms with Crippen molar-refractivity contribution >= 4 is 11.6 Å². The maximum Gasteiger partial charge on any atom is 0.106 e. The fraction of sp³-hybridized carbons (Fsp3) is 1.00. The predicted molar refractivity (Wildman–Crippen MR) is 36.7 cm³/mol. The van der Waals surface area contributed by atoms with E-state index in [1.54, 1.807) is 20.8 Å². The fourth-order valence-electron chi connectivity index (χ4n) is 0. The molecule has 50 valence electrons. The third-order valence-corrected chi connectivity index (χ3v) is 1.75. The fourth-order valence-corrected chi connectivity index (χ4v) is 0. The first-order chi connectivity index (χ1) is 3.25. The zero-order chi connectivity index (χ0) is 7.00. The van der Waals surface area contributed by atoms with E-state index < -0.39 is 10.5 Å². The number of nitrogens with two attached hydrogens (primary N) is 2. The molecule has 0 aliphatic carbocycles. The Morgan fingerprint density at radius 2 is 1.25 bits per heavy atom. The molecule has 0 fully saturated rings. The molecule has 0 heterocycles. The number of hydrogen-bond acceptors (Lipinski definition) is 2. The van der Waals surface area contributed by atoms with Gasteiger partial charge in [0, 0.05) is 5.54 Å².